The SMILES string of the molecule is COc1ccccc1-c1nccn1-c1ccccc1. The average Bonchev–Trinajstić information content (AvgIpc) is 2.97. The van der Waals surface area contributed by atoms with Gasteiger partial charge in [-0.15, -0.1) is 0 Å². The molecule has 0 N–H and O–H groups in total. The molecule has 0 aliphatic heterocycles. The maximum Gasteiger partial charge on any atom is 0.148 e. The standard InChI is InChI=1S/C16H14N2O/c1-19-15-10-6-5-9-14(15)16-17-11-12-18(16)13-7-3-2-4-8-13/h2-12H,1H3. The Labute approximate surface area is 112 Å². The quantitative estimate of drug-likeness (QED) is 0.710. The van der Waals surface area contributed by atoms with Gasteiger partial charge >= 0.3 is 0 Å². The lowest BCUT2D eigenvalue weighted by molar-refractivity contribution is 0.416. The van der Waals surface area contributed by atoms with E-state index >= 15 is 0 Å². The van der Waals surface area contributed by atoms with Crippen LogP contribution in [0, 0.1) is 0 Å². The van der Waals surface area contributed by atoms with E-state index in [9.17, 15) is 0 Å². The summed E-state index contributed by atoms with van der Waals surface area (Å²) in [6.07, 6.45) is 3.76. The molecule has 1 heterocycles. The van der Waals surface area contributed by atoms with Gasteiger partial charge in [0.15, 0.2) is 0 Å². The first-order chi connectivity index (χ1) is 9.40. The molecular weight excluding hydrogens is 236 g/mol. The second-order valence-electron chi connectivity index (χ2n) is 4.16. The molecule has 0 aliphatic rings. The van der Waals surface area contributed by atoms with Crippen LogP contribution < -0.4 is 4.74 Å². The second kappa shape index (κ2) is 4.98. The molecule has 3 rings (SSSR count). The van der Waals surface area contributed by atoms with E-state index in [2.05, 4.69) is 21.7 Å². The summed E-state index contributed by atoms with van der Waals surface area (Å²) in [6.45, 7) is 0. The molecular formula is C16H14N2O. The van der Waals surface area contributed by atoms with Crippen molar-refractivity contribution in [2.24, 2.45) is 0 Å². The van der Waals surface area contributed by atoms with Gasteiger partial charge in [0.1, 0.15) is 11.6 Å². The molecule has 0 unspecified atom stereocenters. The van der Waals surface area contributed by atoms with Gasteiger partial charge in [-0.25, -0.2) is 4.98 Å². The number of imidazole rings is 1. The highest BCUT2D eigenvalue weighted by Gasteiger charge is 2.11. The van der Waals surface area contributed by atoms with Gasteiger partial charge in [-0.1, -0.05) is 30.3 Å². The highest BCUT2D eigenvalue weighted by Crippen LogP contribution is 2.29. The van der Waals surface area contributed by atoms with E-state index in [0.29, 0.717) is 0 Å². The third-order valence-electron chi connectivity index (χ3n) is 3.02. The number of aromatic nitrogens is 2. The smallest absolute Gasteiger partial charge is 0.148 e. The molecule has 3 heteroatoms. The highest BCUT2D eigenvalue weighted by atomic mass is 16.5. The number of benzene rings is 2. The third kappa shape index (κ3) is 2.10. The topological polar surface area (TPSA) is 27.1 Å². The molecule has 0 aliphatic carbocycles. The lowest BCUT2D eigenvalue weighted by Crippen LogP contribution is -1.97. The van der Waals surface area contributed by atoms with Crippen molar-refractivity contribution in [1.29, 1.82) is 0 Å². The summed E-state index contributed by atoms with van der Waals surface area (Å²) in [6, 6.07) is 18.0. The molecule has 0 radical (unpaired) electrons. The zero-order valence-electron chi connectivity index (χ0n) is 10.7. The van der Waals surface area contributed by atoms with E-state index in [1.54, 1.807) is 13.3 Å². The first kappa shape index (κ1) is 11.5. The molecule has 3 aromatic rings. The van der Waals surface area contributed by atoms with Crippen molar-refractivity contribution >= 4 is 0 Å². The van der Waals surface area contributed by atoms with Crippen LogP contribution in [0.25, 0.3) is 17.1 Å². The minimum atomic E-state index is 0.825. The molecule has 3 nitrogen and oxygen atoms in total. The Morgan fingerprint density at radius 1 is 0.947 bits per heavy atom. The number of para-hydroxylation sites is 2. The van der Waals surface area contributed by atoms with Crippen molar-refractivity contribution in [2.45, 2.75) is 0 Å². The molecule has 0 saturated heterocycles. The Hall–Kier alpha value is -2.55. The van der Waals surface area contributed by atoms with Crippen molar-refractivity contribution < 1.29 is 4.74 Å². The van der Waals surface area contributed by atoms with Gasteiger partial charge in [-0.3, -0.25) is 4.57 Å². The molecule has 0 spiro atoms. The summed E-state index contributed by atoms with van der Waals surface area (Å²) < 4.78 is 7.46. The van der Waals surface area contributed by atoms with Crippen molar-refractivity contribution in [3.05, 3.63) is 67.0 Å². The molecule has 0 amide bonds. The van der Waals surface area contributed by atoms with Crippen LogP contribution in [-0.2, 0) is 0 Å². The van der Waals surface area contributed by atoms with Crippen molar-refractivity contribution in [3.8, 4) is 22.8 Å². The normalized spacial score (nSPS) is 10.4. The number of ether oxygens (including phenoxy) is 1. The van der Waals surface area contributed by atoms with Gasteiger partial charge in [-0.2, -0.15) is 0 Å². The first-order valence-corrected chi connectivity index (χ1v) is 6.12. The van der Waals surface area contributed by atoms with Gasteiger partial charge in [-0.05, 0) is 24.3 Å². The molecule has 2 aromatic carbocycles. The summed E-state index contributed by atoms with van der Waals surface area (Å²) in [5.41, 5.74) is 2.07. The minimum Gasteiger partial charge on any atom is -0.496 e. The fourth-order valence-corrected chi connectivity index (χ4v) is 2.13. The summed E-state index contributed by atoms with van der Waals surface area (Å²) in [5, 5.41) is 0. The lowest BCUT2D eigenvalue weighted by atomic mass is 10.2. The zero-order chi connectivity index (χ0) is 13.1. The van der Waals surface area contributed by atoms with Crippen LogP contribution in [0.15, 0.2) is 67.0 Å². The van der Waals surface area contributed by atoms with E-state index in [1.165, 1.54) is 0 Å². The van der Waals surface area contributed by atoms with E-state index in [-0.39, 0.29) is 0 Å². The maximum absolute atomic E-state index is 5.41. The van der Waals surface area contributed by atoms with Crippen LogP contribution >= 0.6 is 0 Å². The van der Waals surface area contributed by atoms with Gasteiger partial charge in [0.05, 0.1) is 12.7 Å². The van der Waals surface area contributed by atoms with E-state index in [0.717, 1.165) is 22.8 Å². The molecule has 0 bridgehead atoms. The molecule has 1 aromatic heterocycles. The van der Waals surface area contributed by atoms with Crippen molar-refractivity contribution in [3.63, 3.8) is 0 Å². The Balaban J connectivity index is 2.15. The second-order valence-corrected chi connectivity index (χ2v) is 4.16. The third-order valence-corrected chi connectivity index (χ3v) is 3.02. The summed E-state index contributed by atoms with van der Waals surface area (Å²) in [5.74, 6) is 1.70. The predicted molar refractivity (Wildman–Crippen MR) is 75.6 cm³/mol. The number of methoxy groups -OCH3 is 1. The summed E-state index contributed by atoms with van der Waals surface area (Å²) >= 11 is 0. The first-order valence-electron chi connectivity index (χ1n) is 6.12. The number of hydrogen-bond acceptors (Lipinski definition) is 2. The molecule has 0 atom stereocenters. The zero-order valence-corrected chi connectivity index (χ0v) is 10.7. The molecule has 94 valence electrons. The monoisotopic (exact) mass is 250 g/mol. The minimum absolute atomic E-state index is 0.825. The highest BCUT2D eigenvalue weighted by molar-refractivity contribution is 5.66. The summed E-state index contributed by atoms with van der Waals surface area (Å²) in [4.78, 5) is 4.45. The Morgan fingerprint density at radius 3 is 2.47 bits per heavy atom. The van der Waals surface area contributed by atoms with Crippen LogP contribution in [-0.4, -0.2) is 16.7 Å². The molecule has 19 heavy (non-hydrogen) atoms. The maximum atomic E-state index is 5.41. The van der Waals surface area contributed by atoms with Gasteiger partial charge in [0.2, 0.25) is 0 Å². The molecule has 0 fully saturated rings. The van der Waals surface area contributed by atoms with E-state index in [1.807, 2.05) is 48.7 Å². The fraction of sp³-hybridized carbons (Fsp3) is 0.0625. The van der Waals surface area contributed by atoms with Gasteiger partial charge < -0.3 is 4.74 Å². The Morgan fingerprint density at radius 2 is 1.68 bits per heavy atom. The van der Waals surface area contributed by atoms with Crippen LogP contribution in [0.1, 0.15) is 0 Å². The largest absolute Gasteiger partial charge is 0.496 e. The van der Waals surface area contributed by atoms with Gasteiger partial charge in [0, 0.05) is 18.1 Å². The van der Waals surface area contributed by atoms with Crippen LogP contribution in [0.4, 0.5) is 0 Å². The van der Waals surface area contributed by atoms with Crippen molar-refractivity contribution in [2.75, 3.05) is 7.11 Å². The molecule has 0 saturated carbocycles. The Bertz CT molecular complexity index is 674. The average molecular weight is 250 g/mol. The van der Waals surface area contributed by atoms with E-state index < -0.39 is 0 Å². The lowest BCUT2D eigenvalue weighted by Gasteiger charge is -2.10. The van der Waals surface area contributed by atoms with Gasteiger partial charge in [0.25, 0.3) is 0 Å². The van der Waals surface area contributed by atoms with Crippen LogP contribution in [0.5, 0.6) is 5.75 Å². The Kier molecular flexibility index (Phi) is 3.02. The number of rotatable bonds is 3. The fourth-order valence-electron chi connectivity index (χ4n) is 2.13. The van der Waals surface area contributed by atoms with E-state index in [4.69, 9.17) is 4.74 Å². The number of nitrogens with zero attached hydrogens (tertiary/aromatic N) is 2. The number of hydrogen-bond donors (Lipinski definition) is 0. The van der Waals surface area contributed by atoms with Crippen LogP contribution in [0.2, 0.25) is 0 Å². The predicted octanol–water partition coefficient (Wildman–Crippen LogP) is 3.55. The summed E-state index contributed by atoms with van der Waals surface area (Å²) in [7, 11) is 1.68. The van der Waals surface area contributed by atoms with Crippen LogP contribution in [0.3, 0.4) is 0 Å². The van der Waals surface area contributed by atoms with Crippen molar-refractivity contribution in [1.82, 2.24) is 9.55 Å².